The van der Waals surface area contributed by atoms with Gasteiger partial charge in [0.2, 0.25) is 11.8 Å². The van der Waals surface area contributed by atoms with Gasteiger partial charge in [-0.05, 0) is 24.7 Å². The van der Waals surface area contributed by atoms with Crippen molar-refractivity contribution in [2.75, 3.05) is 38.1 Å². The summed E-state index contributed by atoms with van der Waals surface area (Å²) in [6, 6.07) is 19.4. The van der Waals surface area contributed by atoms with Crippen molar-refractivity contribution in [3.63, 3.8) is 0 Å². The average Bonchev–Trinajstić information content (AvgIpc) is 2.68. The fraction of sp³-hybridized carbons (Fsp3) is 0.333. The Labute approximate surface area is 154 Å². The van der Waals surface area contributed by atoms with Crippen molar-refractivity contribution in [3.8, 4) is 0 Å². The van der Waals surface area contributed by atoms with E-state index in [0.29, 0.717) is 19.6 Å². The molecular weight excluding hydrogens is 326 g/mol. The number of para-hydroxylation sites is 1. The number of rotatable bonds is 5. The van der Waals surface area contributed by atoms with Crippen LogP contribution in [-0.4, -0.2) is 54.8 Å². The molecule has 5 heteroatoms. The third kappa shape index (κ3) is 4.70. The van der Waals surface area contributed by atoms with E-state index in [0.717, 1.165) is 24.3 Å². The Balaban J connectivity index is 1.71. The van der Waals surface area contributed by atoms with Crippen LogP contribution in [0.1, 0.15) is 12.0 Å². The predicted octanol–water partition coefficient (Wildman–Crippen LogP) is 2.38. The summed E-state index contributed by atoms with van der Waals surface area (Å²) in [5, 5.41) is 0. The second-order valence-corrected chi connectivity index (χ2v) is 6.66. The fourth-order valence-electron chi connectivity index (χ4n) is 3.09. The Morgan fingerprint density at radius 3 is 2.08 bits per heavy atom. The number of benzene rings is 2. The number of hydrogen-bond donors (Lipinski definition) is 0. The second-order valence-electron chi connectivity index (χ2n) is 6.66. The number of carbonyl (C=O) groups is 2. The molecule has 5 nitrogen and oxygen atoms in total. The van der Waals surface area contributed by atoms with Crippen molar-refractivity contribution < 1.29 is 9.59 Å². The molecular formula is C21H25N3O2. The zero-order valence-corrected chi connectivity index (χ0v) is 15.2. The lowest BCUT2D eigenvalue weighted by Crippen LogP contribution is -2.48. The van der Waals surface area contributed by atoms with E-state index in [4.69, 9.17) is 0 Å². The Bertz CT molecular complexity index is 725. The van der Waals surface area contributed by atoms with Crippen molar-refractivity contribution in [1.82, 2.24) is 9.80 Å². The molecule has 0 aromatic heterocycles. The van der Waals surface area contributed by atoms with Crippen LogP contribution in [0.2, 0.25) is 0 Å². The molecule has 2 amide bonds. The minimum absolute atomic E-state index is 0.0860. The standard InChI is InChI=1S/C21H25N3O2/c1-22-12-14-23(15-13-22)20(25)16-21(26)24(19-10-6-3-7-11-19)17-18-8-4-2-5-9-18/h2-11H,12-17H2,1H3. The van der Waals surface area contributed by atoms with E-state index < -0.39 is 0 Å². The van der Waals surface area contributed by atoms with Gasteiger partial charge < -0.3 is 14.7 Å². The molecule has 1 fully saturated rings. The van der Waals surface area contributed by atoms with Crippen molar-refractivity contribution in [2.24, 2.45) is 0 Å². The molecule has 0 saturated carbocycles. The molecule has 2 aromatic carbocycles. The molecule has 0 N–H and O–H groups in total. The number of carbonyl (C=O) groups excluding carboxylic acids is 2. The number of likely N-dealkylation sites (N-methyl/N-ethyl adjacent to an activating group) is 1. The molecule has 0 spiro atoms. The molecule has 0 aliphatic carbocycles. The molecule has 1 aliphatic heterocycles. The highest BCUT2D eigenvalue weighted by molar-refractivity contribution is 6.04. The number of piperazine rings is 1. The summed E-state index contributed by atoms with van der Waals surface area (Å²) in [5.74, 6) is -0.249. The highest BCUT2D eigenvalue weighted by Crippen LogP contribution is 2.18. The van der Waals surface area contributed by atoms with E-state index in [9.17, 15) is 9.59 Å². The first-order valence-electron chi connectivity index (χ1n) is 8.99. The van der Waals surface area contributed by atoms with E-state index in [1.54, 1.807) is 9.80 Å². The van der Waals surface area contributed by atoms with Crippen LogP contribution in [0.25, 0.3) is 0 Å². The van der Waals surface area contributed by atoms with Crippen molar-refractivity contribution in [2.45, 2.75) is 13.0 Å². The molecule has 26 heavy (non-hydrogen) atoms. The number of nitrogens with zero attached hydrogens (tertiary/aromatic N) is 3. The number of hydrogen-bond acceptors (Lipinski definition) is 3. The van der Waals surface area contributed by atoms with Gasteiger partial charge in [-0.2, -0.15) is 0 Å². The minimum atomic E-state index is -0.163. The Morgan fingerprint density at radius 2 is 1.46 bits per heavy atom. The summed E-state index contributed by atoms with van der Waals surface area (Å²) < 4.78 is 0. The van der Waals surface area contributed by atoms with Crippen LogP contribution >= 0.6 is 0 Å². The third-order valence-corrected chi connectivity index (χ3v) is 4.71. The van der Waals surface area contributed by atoms with E-state index in [-0.39, 0.29) is 18.2 Å². The molecule has 0 unspecified atom stereocenters. The second kappa shape index (κ2) is 8.63. The number of amides is 2. The van der Waals surface area contributed by atoms with Crippen LogP contribution in [-0.2, 0) is 16.1 Å². The third-order valence-electron chi connectivity index (χ3n) is 4.71. The van der Waals surface area contributed by atoms with E-state index in [1.165, 1.54) is 0 Å². The van der Waals surface area contributed by atoms with Crippen LogP contribution in [0.15, 0.2) is 60.7 Å². The van der Waals surface area contributed by atoms with Gasteiger partial charge in [-0.15, -0.1) is 0 Å². The van der Waals surface area contributed by atoms with Gasteiger partial charge in [0, 0.05) is 31.9 Å². The molecule has 1 heterocycles. The van der Waals surface area contributed by atoms with Crippen LogP contribution in [0.5, 0.6) is 0 Å². The number of anilines is 1. The van der Waals surface area contributed by atoms with Crippen LogP contribution in [0, 0.1) is 0 Å². The van der Waals surface area contributed by atoms with Gasteiger partial charge in [0.1, 0.15) is 6.42 Å². The van der Waals surface area contributed by atoms with Crippen molar-refractivity contribution in [3.05, 3.63) is 66.2 Å². The van der Waals surface area contributed by atoms with E-state index >= 15 is 0 Å². The van der Waals surface area contributed by atoms with Crippen LogP contribution < -0.4 is 4.90 Å². The van der Waals surface area contributed by atoms with Crippen molar-refractivity contribution >= 4 is 17.5 Å². The maximum Gasteiger partial charge on any atom is 0.236 e. The van der Waals surface area contributed by atoms with Gasteiger partial charge in [0.15, 0.2) is 0 Å². The van der Waals surface area contributed by atoms with Gasteiger partial charge in [-0.1, -0.05) is 48.5 Å². The van der Waals surface area contributed by atoms with Crippen molar-refractivity contribution in [1.29, 1.82) is 0 Å². The highest BCUT2D eigenvalue weighted by Gasteiger charge is 2.24. The first-order chi connectivity index (χ1) is 12.6. The minimum Gasteiger partial charge on any atom is -0.340 e. The summed E-state index contributed by atoms with van der Waals surface area (Å²) in [7, 11) is 2.05. The molecule has 0 atom stereocenters. The molecule has 1 saturated heterocycles. The Hall–Kier alpha value is -2.66. The molecule has 3 rings (SSSR count). The van der Waals surface area contributed by atoms with Gasteiger partial charge in [0.05, 0.1) is 6.54 Å². The molecule has 136 valence electrons. The predicted molar refractivity (Wildman–Crippen MR) is 103 cm³/mol. The smallest absolute Gasteiger partial charge is 0.236 e. The zero-order valence-electron chi connectivity index (χ0n) is 15.2. The summed E-state index contributed by atoms with van der Waals surface area (Å²) in [4.78, 5) is 31.2. The monoisotopic (exact) mass is 351 g/mol. The average molecular weight is 351 g/mol. The molecule has 1 aliphatic rings. The van der Waals surface area contributed by atoms with Crippen LogP contribution in [0.3, 0.4) is 0 Å². The summed E-state index contributed by atoms with van der Waals surface area (Å²) in [5.41, 5.74) is 1.85. The van der Waals surface area contributed by atoms with Gasteiger partial charge in [0.25, 0.3) is 0 Å². The lowest BCUT2D eigenvalue weighted by atomic mass is 10.1. The SMILES string of the molecule is CN1CCN(C(=O)CC(=O)N(Cc2ccccc2)c2ccccc2)CC1. The summed E-state index contributed by atoms with van der Waals surface area (Å²) in [6.45, 7) is 3.54. The topological polar surface area (TPSA) is 43.9 Å². The summed E-state index contributed by atoms with van der Waals surface area (Å²) >= 11 is 0. The van der Waals surface area contributed by atoms with E-state index in [1.807, 2.05) is 67.7 Å². The highest BCUT2D eigenvalue weighted by atomic mass is 16.2. The Morgan fingerprint density at radius 1 is 0.885 bits per heavy atom. The first kappa shape index (κ1) is 18.1. The first-order valence-corrected chi connectivity index (χ1v) is 8.99. The lowest BCUT2D eigenvalue weighted by molar-refractivity contribution is -0.136. The largest absolute Gasteiger partial charge is 0.340 e. The maximum atomic E-state index is 12.9. The molecule has 0 radical (unpaired) electrons. The normalized spacial score (nSPS) is 14.9. The quantitative estimate of drug-likeness (QED) is 0.777. The molecule has 2 aromatic rings. The maximum absolute atomic E-state index is 12.9. The fourth-order valence-corrected chi connectivity index (χ4v) is 3.09. The van der Waals surface area contributed by atoms with Gasteiger partial charge >= 0.3 is 0 Å². The lowest BCUT2D eigenvalue weighted by Gasteiger charge is -2.33. The van der Waals surface area contributed by atoms with Gasteiger partial charge in [-0.3, -0.25) is 9.59 Å². The van der Waals surface area contributed by atoms with Crippen LogP contribution in [0.4, 0.5) is 5.69 Å². The van der Waals surface area contributed by atoms with Gasteiger partial charge in [-0.25, -0.2) is 0 Å². The Kier molecular flexibility index (Phi) is 6.02. The van der Waals surface area contributed by atoms with E-state index in [2.05, 4.69) is 4.90 Å². The zero-order chi connectivity index (χ0) is 18.4. The molecule has 0 bridgehead atoms. The summed E-state index contributed by atoms with van der Waals surface area (Å²) in [6.07, 6.45) is -0.0918.